The van der Waals surface area contributed by atoms with Crippen molar-refractivity contribution in [1.82, 2.24) is 4.90 Å². The molecule has 0 N–H and O–H groups in total. The van der Waals surface area contributed by atoms with Gasteiger partial charge in [-0.25, -0.2) is 0 Å². The van der Waals surface area contributed by atoms with Gasteiger partial charge in [-0.15, -0.1) is 0 Å². The highest BCUT2D eigenvalue weighted by Crippen LogP contribution is 2.29. The number of likely N-dealkylation sites (N-methyl/N-ethyl adjacent to an activating group) is 1. The van der Waals surface area contributed by atoms with Gasteiger partial charge in [-0.1, -0.05) is 41.1 Å². The van der Waals surface area contributed by atoms with Gasteiger partial charge in [0, 0.05) is 16.6 Å². The number of carbonyl (C=O) groups excluding carboxylic acids is 1. The van der Waals surface area contributed by atoms with Crippen LogP contribution in [0.4, 0.5) is 0 Å². The lowest BCUT2D eigenvalue weighted by Crippen LogP contribution is -2.31. The number of carbonyl (C=O) groups is 1. The highest BCUT2D eigenvalue weighted by Gasteiger charge is 2.24. The van der Waals surface area contributed by atoms with E-state index in [4.69, 9.17) is 0 Å². The van der Waals surface area contributed by atoms with Crippen LogP contribution in [0, 0.1) is 5.92 Å². The zero-order valence-corrected chi connectivity index (χ0v) is 11.7. The van der Waals surface area contributed by atoms with Crippen LogP contribution in [0.2, 0.25) is 0 Å². The maximum absolute atomic E-state index is 12.2. The van der Waals surface area contributed by atoms with Crippen molar-refractivity contribution in [3.63, 3.8) is 0 Å². The van der Waals surface area contributed by atoms with Gasteiger partial charge in [0.15, 0.2) is 5.78 Å². The quantitative estimate of drug-likeness (QED) is 0.750. The average Bonchev–Trinajstić information content (AvgIpc) is 3.12. The topological polar surface area (TPSA) is 20.3 Å². The highest BCUT2D eigenvalue weighted by atomic mass is 79.9. The van der Waals surface area contributed by atoms with Gasteiger partial charge in [0.2, 0.25) is 0 Å². The number of nitrogens with zero attached hydrogens (tertiary/aromatic N) is 1. The van der Waals surface area contributed by atoms with E-state index < -0.39 is 0 Å². The van der Waals surface area contributed by atoms with Crippen LogP contribution in [0.15, 0.2) is 28.7 Å². The summed E-state index contributed by atoms with van der Waals surface area (Å²) in [5.41, 5.74) is 0.793. The van der Waals surface area contributed by atoms with Crippen LogP contribution in [-0.4, -0.2) is 30.3 Å². The van der Waals surface area contributed by atoms with Crippen molar-refractivity contribution in [3.8, 4) is 0 Å². The highest BCUT2D eigenvalue weighted by molar-refractivity contribution is 9.10. The minimum absolute atomic E-state index is 0.208. The van der Waals surface area contributed by atoms with Gasteiger partial charge in [-0.3, -0.25) is 9.69 Å². The van der Waals surface area contributed by atoms with E-state index in [1.165, 1.54) is 12.8 Å². The number of rotatable bonds is 6. The Morgan fingerprint density at radius 3 is 2.71 bits per heavy atom. The second-order valence-electron chi connectivity index (χ2n) is 4.67. The first-order chi connectivity index (χ1) is 8.20. The SMILES string of the molecule is CCN(CC(=O)c1ccccc1Br)CC1CC1. The summed E-state index contributed by atoms with van der Waals surface area (Å²) in [6.07, 6.45) is 2.67. The molecular formula is C14H18BrNO. The Morgan fingerprint density at radius 1 is 1.41 bits per heavy atom. The number of hydrogen-bond donors (Lipinski definition) is 0. The lowest BCUT2D eigenvalue weighted by molar-refractivity contribution is 0.0930. The zero-order valence-electron chi connectivity index (χ0n) is 10.2. The monoisotopic (exact) mass is 295 g/mol. The molecule has 0 spiro atoms. The smallest absolute Gasteiger partial charge is 0.177 e. The largest absolute Gasteiger partial charge is 0.296 e. The van der Waals surface area contributed by atoms with Gasteiger partial charge in [0.25, 0.3) is 0 Å². The molecule has 0 saturated heterocycles. The van der Waals surface area contributed by atoms with Gasteiger partial charge in [-0.05, 0) is 31.4 Å². The van der Waals surface area contributed by atoms with Crippen molar-refractivity contribution < 1.29 is 4.79 Å². The number of Topliss-reactive ketones (excluding diaryl/α,β-unsaturated/α-hetero) is 1. The van der Waals surface area contributed by atoms with Crippen molar-refractivity contribution in [3.05, 3.63) is 34.3 Å². The summed E-state index contributed by atoms with van der Waals surface area (Å²) < 4.78 is 0.896. The molecule has 0 bridgehead atoms. The third-order valence-electron chi connectivity index (χ3n) is 3.20. The van der Waals surface area contributed by atoms with E-state index in [-0.39, 0.29) is 5.78 Å². The Morgan fingerprint density at radius 2 is 2.12 bits per heavy atom. The van der Waals surface area contributed by atoms with Crippen LogP contribution in [0.25, 0.3) is 0 Å². The molecule has 0 heterocycles. The number of halogens is 1. The molecule has 2 nitrogen and oxygen atoms in total. The molecule has 1 fully saturated rings. The molecule has 3 heteroatoms. The van der Waals surface area contributed by atoms with Gasteiger partial charge in [-0.2, -0.15) is 0 Å². The van der Waals surface area contributed by atoms with Crippen LogP contribution in [-0.2, 0) is 0 Å². The standard InChI is InChI=1S/C14H18BrNO/c1-2-16(9-11-7-8-11)10-14(17)12-5-3-4-6-13(12)15/h3-6,11H,2,7-10H2,1H3. The third-order valence-corrected chi connectivity index (χ3v) is 3.89. The van der Waals surface area contributed by atoms with E-state index in [1.54, 1.807) is 0 Å². The van der Waals surface area contributed by atoms with Gasteiger partial charge >= 0.3 is 0 Å². The van der Waals surface area contributed by atoms with Crippen molar-refractivity contribution in [2.24, 2.45) is 5.92 Å². The summed E-state index contributed by atoms with van der Waals surface area (Å²) in [6, 6.07) is 7.65. The molecule has 0 atom stereocenters. The fourth-order valence-corrected chi connectivity index (χ4v) is 2.45. The molecule has 1 aliphatic carbocycles. The Labute approximate surface area is 111 Å². The Balaban J connectivity index is 1.97. The first-order valence-electron chi connectivity index (χ1n) is 6.20. The summed E-state index contributed by atoms with van der Waals surface area (Å²) in [4.78, 5) is 14.4. The van der Waals surface area contributed by atoms with Crippen molar-refractivity contribution in [2.75, 3.05) is 19.6 Å². The summed E-state index contributed by atoms with van der Waals surface area (Å²) in [5.74, 6) is 1.04. The molecule has 92 valence electrons. The van der Waals surface area contributed by atoms with Gasteiger partial charge in [0.05, 0.1) is 6.54 Å². The number of hydrogen-bond acceptors (Lipinski definition) is 2. The number of ketones is 1. The molecule has 1 aromatic rings. The van der Waals surface area contributed by atoms with E-state index in [2.05, 4.69) is 27.8 Å². The molecule has 0 unspecified atom stereocenters. The van der Waals surface area contributed by atoms with E-state index in [0.29, 0.717) is 6.54 Å². The summed E-state index contributed by atoms with van der Waals surface area (Å²) in [7, 11) is 0. The van der Waals surface area contributed by atoms with E-state index in [0.717, 1.165) is 29.0 Å². The second-order valence-corrected chi connectivity index (χ2v) is 5.53. The normalized spacial score (nSPS) is 15.2. The lowest BCUT2D eigenvalue weighted by atomic mass is 10.1. The van der Waals surface area contributed by atoms with Crippen LogP contribution in [0.5, 0.6) is 0 Å². The van der Waals surface area contributed by atoms with Crippen LogP contribution in [0.1, 0.15) is 30.1 Å². The van der Waals surface area contributed by atoms with Gasteiger partial charge < -0.3 is 0 Å². The molecule has 2 rings (SSSR count). The van der Waals surface area contributed by atoms with E-state index >= 15 is 0 Å². The second kappa shape index (κ2) is 5.78. The molecule has 0 aliphatic heterocycles. The predicted octanol–water partition coefficient (Wildman–Crippen LogP) is 3.36. The predicted molar refractivity (Wildman–Crippen MR) is 73.3 cm³/mol. The molecule has 0 aromatic heterocycles. The molecule has 17 heavy (non-hydrogen) atoms. The first kappa shape index (κ1) is 12.8. The molecule has 0 radical (unpaired) electrons. The molecule has 1 aromatic carbocycles. The average molecular weight is 296 g/mol. The Bertz CT molecular complexity index is 401. The van der Waals surface area contributed by atoms with Crippen molar-refractivity contribution >= 4 is 21.7 Å². The third kappa shape index (κ3) is 3.65. The fourth-order valence-electron chi connectivity index (χ4n) is 1.95. The molecule has 0 amide bonds. The van der Waals surface area contributed by atoms with Crippen LogP contribution < -0.4 is 0 Å². The number of benzene rings is 1. The van der Waals surface area contributed by atoms with Crippen molar-refractivity contribution in [2.45, 2.75) is 19.8 Å². The fraction of sp³-hybridized carbons (Fsp3) is 0.500. The van der Waals surface area contributed by atoms with Crippen molar-refractivity contribution in [1.29, 1.82) is 0 Å². The maximum Gasteiger partial charge on any atom is 0.177 e. The van der Waals surface area contributed by atoms with E-state index in [9.17, 15) is 4.79 Å². The summed E-state index contributed by atoms with van der Waals surface area (Å²) >= 11 is 3.43. The van der Waals surface area contributed by atoms with Gasteiger partial charge in [0.1, 0.15) is 0 Å². The Kier molecular flexibility index (Phi) is 4.35. The molecule has 1 aliphatic rings. The summed E-state index contributed by atoms with van der Waals surface area (Å²) in [5, 5.41) is 0. The minimum Gasteiger partial charge on any atom is -0.296 e. The Hall–Kier alpha value is -0.670. The lowest BCUT2D eigenvalue weighted by Gasteiger charge is -2.19. The molecule has 1 saturated carbocycles. The van der Waals surface area contributed by atoms with Crippen LogP contribution >= 0.6 is 15.9 Å². The first-order valence-corrected chi connectivity index (χ1v) is 7.00. The maximum atomic E-state index is 12.2. The molecular weight excluding hydrogens is 278 g/mol. The summed E-state index contributed by atoms with van der Waals surface area (Å²) in [6.45, 7) is 4.69. The van der Waals surface area contributed by atoms with E-state index in [1.807, 2.05) is 24.3 Å². The zero-order chi connectivity index (χ0) is 12.3. The van der Waals surface area contributed by atoms with Crippen LogP contribution in [0.3, 0.4) is 0 Å². The minimum atomic E-state index is 0.208.